The van der Waals surface area contributed by atoms with Crippen LogP contribution in [-0.2, 0) is 0 Å². The van der Waals surface area contributed by atoms with Gasteiger partial charge in [0.05, 0.1) is 11.9 Å². The molecule has 0 unspecified atom stereocenters. The van der Waals surface area contributed by atoms with E-state index in [1.807, 2.05) is 13.2 Å². The summed E-state index contributed by atoms with van der Waals surface area (Å²) in [6.45, 7) is 9.46. The van der Waals surface area contributed by atoms with Gasteiger partial charge in [0, 0.05) is 31.2 Å². The fraction of sp³-hybridized carbons (Fsp3) is 0.789. The summed E-state index contributed by atoms with van der Waals surface area (Å²) in [4.78, 5) is 2.41. The summed E-state index contributed by atoms with van der Waals surface area (Å²) in [5.74, 6) is 3.36. The number of likely N-dealkylation sites (N-methyl/N-ethyl adjacent to an activating group) is 1. The molecule has 5 nitrogen and oxygen atoms in total. The molecule has 0 radical (unpaired) electrons. The number of hydrogen-bond donors (Lipinski definition) is 2. The number of rotatable bonds is 4. The van der Waals surface area contributed by atoms with Gasteiger partial charge >= 0.3 is 0 Å². The van der Waals surface area contributed by atoms with Crippen molar-refractivity contribution >= 4 is 11.5 Å². The molecule has 0 spiro atoms. The minimum Gasteiger partial charge on any atom is -0.369 e. The maximum Gasteiger partial charge on any atom is 0.150 e. The predicted octanol–water partition coefficient (Wildman–Crippen LogP) is 2.76. The van der Waals surface area contributed by atoms with E-state index < -0.39 is 0 Å². The fourth-order valence-corrected chi connectivity index (χ4v) is 5.36. The molecule has 0 amide bonds. The summed E-state index contributed by atoms with van der Waals surface area (Å²) in [6, 6.07) is 3.31. The molecule has 24 heavy (non-hydrogen) atoms. The first-order chi connectivity index (χ1) is 11.5. The quantitative estimate of drug-likeness (QED) is 0.889. The molecule has 5 heteroatoms. The van der Waals surface area contributed by atoms with Gasteiger partial charge in [0.15, 0.2) is 5.82 Å². The maximum atomic E-state index is 4.35. The Morgan fingerprint density at radius 3 is 2.79 bits per heavy atom. The summed E-state index contributed by atoms with van der Waals surface area (Å²) in [7, 11) is 2.04. The standard InChI is InChI=1S/C19H31N5/c1-12-16-7-13(19(16,2)3)8-17(12)22-18-9-15(10-21-23-18)24-6-5-14(11-24)20-4/h9-10,12-14,16-17,20H,5-8,11H2,1-4H3,(H,22,23)/t12-,13+,14-,16+,17+/m1/s1. The zero-order valence-corrected chi connectivity index (χ0v) is 15.4. The summed E-state index contributed by atoms with van der Waals surface area (Å²) >= 11 is 0. The van der Waals surface area contributed by atoms with Gasteiger partial charge in [0.25, 0.3) is 0 Å². The highest BCUT2D eigenvalue weighted by Gasteiger charge is 2.56. The third-order valence-corrected chi connectivity index (χ3v) is 7.29. The van der Waals surface area contributed by atoms with Crippen molar-refractivity contribution in [2.75, 3.05) is 30.4 Å². The van der Waals surface area contributed by atoms with Crippen LogP contribution in [0, 0.1) is 23.2 Å². The van der Waals surface area contributed by atoms with Gasteiger partial charge in [0.2, 0.25) is 0 Å². The van der Waals surface area contributed by atoms with E-state index in [-0.39, 0.29) is 0 Å². The molecular formula is C19H31N5. The van der Waals surface area contributed by atoms with Crippen LogP contribution in [0.4, 0.5) is 11.5 Å². The number of aromatic nitrogens is 2. The molecule has 3 aliphatic carbocycles. The van der Waals surface area contributed by atoms with Crippen LogP contribution < -0.4 is 15.5 Å². The first-order valence-corrected chi connectivity index (χ1v) is 9.50. The van der Waals surface area contributed by atoms with Crippen LogP contribution in [0.5, 0.6) is 0 Å². The molecule has 1 aromatic rings. The Bertz CT molecular complexity index is 601. The monoisotopic (exact) mass is 329 g/mol. The van der Waals surface area contributed by atoms with Gasteiger partial charge in [0.1, 0.15) is 0 Å². The zero-order valence-electron chi connectivity index (χ0n) is 15.4. The van der Waals surface area contributed by atoms with Crippen molar-refractivity contribution in [2.45, 2.75) is 52.1 Å². The van der Waals surface area contributed by atoms with Crippen molar-refractivity contribution in [3.8, 4) is 0 Å². The van der Waals surface area contributed by atoms with Crippen molar-refractivity contribution in [3.05, 3.63) is 12.3 Å². The van der Waals surface area contributed by atoms with Crippen LogP contribution in [0.25, 0.3) is 0 Å². The number of nitrogens with zero attached hydrogens (tertiary/aromatic N) is 3. The molecule has 0 aromatic carbocycles. The number of fused-ring (bicyclic) bond motifs is 2. The van der Waals surface area contributed by atoms with Crippen molar-refractivity contribution in [1.29, 1.82) is 0 Å². The summed E-state index contributed by atoms with van der Waals surface area (Å²) in [5, 5.41) is 15.7. The van der Waals surface area contributed by atoms with Gasteiger partial charge in [-0.15, -0.1) is 5.10 Å². The molecule has 2 heterocycles. The Morgan fingerprint density at radius 1 is 1.29 bits per heavy atom. The van der Waals surface area contributed by atoms with E-state index in [1.165, 1.54) is 24.9 Å². The van der Waals surface area contributed by atoms with E-state index in [2.05, 4.69) is 52.6 Å². The lowest BCUT2D eigenvalue weighted by Crippen LogP contribution is -2.58. The molecule has 5 atom stereocenters. The van der Waals surface area contributed by atoms with E-state index in [0.717, 1.165) is 30.7 Å². The fourth-order valence-electron chi connectivity index (χ4n) is 5.36. The first-order valence-electron chi connectivity index (χ1n) is 9.50. The lowest BCUT2D eigenvalue weighted by atomic mass is 9.45. The van der Waals surface area contributed by atoms with Gasteiger partial charge in [-0.05, 0) is 49.5 Å². The van der Waals surface area contributed by atoms with Gasteiger partial charge in [-0.25, -0.2) is 0 Å². The van der Waals surface area contributed by atoms with Crippen molar-refractivity contribution in [1.82, 2.24) is 15.5 Å². The molecule has 1 aliphatic heterocycles. The van der Waals surface area contributed by atoms with E-state index in [4.69, 9.17) is 0 Å². The van der Waals surface area contributed by atoms with Crippen LogP contribution in [0.2, 0.25) is 0 Å². The van der Waals surface area contributed by atoms with Gasteiger partial charge < -0.3 is 15.5 Å². The van der Waals surface area contributed by atoms with Gasteiger partial charge in [-0.1, -0.05) is 20.8 Å². The average Bonchev–Trinajstić information content (AvgIpc) is 3.05. The molecule has 5 rings (SSSR count). The lowest BCUT2D eigenvalue weighted by molar-refractivity contribution is -0.105. The summed E-state index contributed by atoms with van der Waals surface area (Å²) in [5.41, 5.74) is 1.72. The Labute approximate surface area is 145 Å². The second-order valence-electron chi connectivity index (χ2n) is 8.73. The highest BCUT2D eigenvalue weighted by atomic mass is 15.2. The van der Waals surface area contributed by atoms with E-state index in [1.54, 1.807) is 0 Å². The van der Waals surface area contributed by atoms with Gasteiger partial charge in [-0.2, -0.15) is 5.10 Å². The molecule has 1 saturated heterocycles. The van der Waals surface area contributed by atoms with Crippen LogP contribution in [0.1, 0.15) is 40.0 Å². The molecule has 3 saturated carbocycles. The van der Waals surface area contributed by atoms with Crippen molar-refractivity contribution in [3.63, 3.8) is 0 Å². The molecule has 2 bridgehead atoms. The van der Waals surface area contributed by atoms with E-state index in [9.17, 15) is 0 Å². The van der Waals surface area contributed by atoms with E-state index >= 15 is 0 Å². The SMILES string of the molecule is CN[C@@H]1CCN(c2cnnc(N[C@H]3C[C@@H]4C[C@@H]([C@H]3C)C4(C)C)c2)C1. The van der Waals surface area contributed by atoms with Crippen LogP contribution in [-0.4, -0.2) is 42.4 Å². The van der Waals surface area contributed by atoms with Crippen LogP contribution >= 0.6 is 0 Å². The van der Waals surface area contributed by atoms with Crippen molar-refractivity contribution < 1.29 is 0 Å². The molecule has 132 valence electrons. The smallest absolute Gasteiger partial charge is 0.150 e. The number of nitrogens with one attached hydrogen (secondary N) is 2. The molecule has 2 N–H and O–H groups in total. The van der Waals surface area contributed by atoms with Crippen molar-refractivity contribution in [2.24, 2.45) is 23.2 Å². The molecular weight excluding hydrogens is 298 g/mol. The van der Waals surface area contributed by atoms with Gasteiger partial charge in [-0.3, -0.25) is 0 Å². The Kier molecular flexibility index (Phi) is 3.94. The summed E-state index contributed by atoms with van der Waals surface area (Å²) < 4.78 is 0. The third-order valence-electron chi connectivity index (χ3n) is 7.29. The second kappa shape index (κ2) is 5.87. The predicted molar refractivity (Wildman–Crippen MR) is 98.3 cm³/mol. The normalized spacial score (nSPS) is 37.2. The highest BCUT2D eigenvalue weighted by molar-refractivity contribution is 5.53. The maximum absolute atomic E-state index is 4.35. The minimum atomic E-state index is 0.531. The van der Waals surface area contributed by atoms with Crippen LogP contribution in [0.3, 0.4) is 0 Å². The minimum absolute atomic E-state index is 0.531. The summed E-state index contributed by atoms with van der Waals surface area (Å²) in [6.07, 6.45) is 5.77. The number of anilines is 2. The average molecular weight is 329 g/mol. The number of hydrogen-bond acceptors (Lipinski definition) is 5. The van der Waals surface area contributed by atoms with Crippen LogP contribution in [0.15, 0.2) is 12.3 Å². The molecule has 4 aliphatic rings. The van der Waals surface area contributed by atoms with E-state index in [0.29, 0.717) is 23.4 Å². The first kappa shape index (κ1) is 16.1. The Balaban J connectivity index is 1.44. The Morgan fingerprint density at radius 2 is 2.12 bits per heavy atom. The largest absolute Gasteiger partial charge is 0.369 e. The lowest BCUT2D eigenvalue weighted by Gasteiger charge is -2.62. The Hall–Kier alpha value is -1.36. The molecule has 1 aromatic heterocycles. The molecule has 4 fully saturated rings. The zero-order chi connectivity index (χ0) is 16.9. The second-order valence-corrected chi connectivity index (χ2v) is 8.73. The third kappa shape index (κ3) is 2.57. The topological polar surface area (TPSA) is 53.1 Å². The highest BCUT2D eigenvalue weighted by Crippen LogP contribution is 2.61.